The number of hydrogen-bond acceptors (Lipinski definition) is 1. The topological polar surface area (TPSA) is 21.7 Å². The molecule has 3 heterocycles. The van der Waals surface area contributed by atoms with Crippen LogP contribution in [-0.4, -0.2) is 9.55 Å². The third kappa shape index (κ3) is 3.50. The van der Waals surface area contributed by atoms with Gasteiger partial charge < -0.3 is 4.57 Å². The van der Waals surface area contributed by atoms with Gasteiger partial charge in [0.2, 0.25) is 11.2 Å². The summed E-state index contributed by atoms with van der Waals surface area (Å²) in [6.07, 6.45) is 3.90. The Hall–Kier alpha value is -4.50. The van der Waals surface area contributed by atoms with E-state index in [1.807, 2.05) is 12.4 Å². The number of para-hydroxylation sites is 2. The number of hydrogen-bond donors (Lipinski definition) is 0. The van der Waals surface area contributed by atoms with Crippen molar-refractivity contribution < 1.29 is 4.57 Å². The number of pyridine rings is 2. The molecule has 0 aliphatic carbocycles. The lowest BCUT2D eigenvalue weighted by atomic mass is 9.80. The monoisotopic (exact) mass is 506 g/mol. The summed E-state index contributed by atoms with van der Waals surface area (Å²) in [6.45, 7) is 9.19. The Morgan fingerprint density at radius 2 is 1.28 bits per heavy atom. The molecule has 0 fully saturated rings. The Bertz CT molecular complexity index is 2020. The van der Waals surface area contributed by atoms with E-state index < -0.39 is 0 Å². The van der Waals surface area contributed by atoms with E-state index in [2.05, 4.69) is 140 Å². The summed E-state index contributed by atoms with van der Waals surface area (Å²) < 4.78 is 4.75. The second kappa shape index (κ2) is 8.51. The van der Waals surface area contributed by atoms with E-state index in [0.717, 1.165) is 16.6 Å². The summed E-state index contributed by atoms with van der Waals surface area (Å²) in [7, 11) is 2.18. The van der Waals surface area contributed by atoms with Gasteiger partial charge in [0.25, 0.3) is 0 Å². The van der Waals surface area contributed by atoms with Gasteiger partial charge in [-0.15, -0.1) is 0 Å². The molecule has 3 heteroatoms. The van der Waals surface area contributed by atoms with Crippen molar-refractivity contribution in [3.05, 3.63) is 115 Å². The first-order valence-electron chi connectivity index (χ1n) is 13.6. The zero-order chi connectivity index (χ0) is 26.9. The van der Waals surface area contributed by atoms with Crippen LogP contribution >= 0.6 is 0 Å². The molecule has 3 aromatic heterocycles. The van der Waals surface area contributed by atoms with Crippen LogP contribution in [0.25, 0.3) is 60.4 Å². The van der Waals surface area contributed by atoms with E-state index in [0.29, 0.717) is 0 Å². The third-order valence-electron chi connectivity index (χ3n) is 8.29. The molecule has 0 N–H and O–H groups in total. The Kier molecular flexibility index (Phi) is 5.15. The van der Waals surface area contributed by atoms with Crippen molar-refractivity contribution in [2.24, 2.45) is 7.05 Å². The minimum Gasteiger partial charge on any atom is -0.308 e. The second-order valence-electron chi connectivity index (χ2n) is 11.6. The molecular formula is C36H32N3+. The van der Waals surface area contributed by atoms with E-state index in [4.69, 9.17) is 0 Å². The van der Waals surface area contributed by atoms with Crippen molar-refractivity contribution in [1.29, 1.82) is 0 Å². The second-order valence-corrected chi connectivity index (χ2v) is 11.6. The molecule has 0 amide bonds. The molecule has 0 saturated carbocycles. The number of benzene rings is 4. The Morgan fingerprint density at radius 3 is 1.92 bits per heavy atom. The molecule has 3 nitrogen and oxygen atoms in total. The molecule has 0 spiro atoms. The fourth-order valence-electron chi connectivity index (χ4n) is 6.34. The summed E-state index contributed by atoms with van der Waals surface area (Å²) >= 11 is 0. The van der Waals surface area contributed by atoms with Gasteiger partial charge in [-0.05, 0) is 52.4 Å². The standard InChI is InChI=1S/C36H32N3/c1-23-24-12-6-7-13-25(24)30(36(2,3)4)20-28(23)34-21-35(29-22-37-19-18-31(29)38(34)5)39-32-16-10-8-14-26(32)27-15-9-11-17-33(27)39/h6-22H,1-5H3/q+1. The summed E-state index contributed by atoms with van der Waals surface area (Å²) in [4.78, 5) is 4.57. The van der Waals surface area contributed by atoms with Crippen LogP contribution in [0, 0.1) is 6.92 Å². The molecule has 4 aromatic carbocycles. The molecule has 0 bridgehead atoms. The van der Waals surface area contributed by atoms with Gasteiger partial charge in [-0.3, -0.25) is 4.98 Å². The molecule has 0 saturated heterocycles. The first-order chi connectivity index (χ1) is 18.8. The van der Waals surface area contributed by atoms with E-state index in [-0.39, 0.29) is 5.41 Å². The molecule has 0 radical (unpaired) electrons. The largest absolute Gasteiger partial charge is 0.308 e. The fourth-order valence-corrected chi connectivity index (χ4v) is 6.34. The quantitative estimate of drug-likeness (QED) is 0.215. The highest BCUT2D eigenvalue weighted by atomic mass is 15.0. The van der Waals surface area contributed by atoms with Crippen molar-refractivity contribution in [1.82, 2.24) is 9.55 Å². The predicted molar refractivity (Wildman–Crippen MR) is 164 cm³/mol. The predicted octanol–water partition coefficient (Wildman–Crippen LogP) is 8.58. The molecule has 190 valence electrons. The van der Waals surface area contributed by atoms with Crippen LogP contribution < -0.4 is 4.57 Å². The maximum atomic E-state index is 4.57. The van der Waals surface area contributed by atoms with Crippen LogP contribution in [0.4, 0.5) is 0 Å². The van der Waals surface area contributed by atoms with Crippen LogP contribution in [0.3, 0.4) is 0 Å². The maximum absolute atomic E-state index is 4.57. The average Bonchev–Trinajstić information content (AvgIpc) is 3.28. The average molecular weight is 507 g/mol. The maximum Gasteiger partial charge on any atom is 0.218 e. The van der Waals surface area contributed by atoms with Crippen molar-refractivity contribution in [3.63, 3.8) is 0 Å². The summed E-state index contributed by atoms with van der Waals surface area (Å²) in [5, 5.41) is 6.30. The SMILES string of the molecule is Cc1c(-c2cc(-n3c4ccccc4c4ccccc43)c3cnccc3[n+]2C)cc(C(C)(C)C)c2ccccc12. The number of fused-ring (bicyclic) bond motifs is 5. The van der Waals surface area contributed by atoms with Crippen LogP contribution in [0.5, 0.6) is 0 Å². The molecule has 7 aromatic rings. The van der Waals surface area contributed by atoms with Crippen molar-refractivity contribution >= 4 is 43.5 Å². The summed E-state index contributed by atoms with van der Waals surface area (Å²) in [6, 6.07) is 33.2. The van der Waals surface area contributed by atoms with Crippen molar-refractivity contribution in [2.75, 3.05) is 0 Å². The van der Waals surface area contributed by atoms with E-state index in [9.17, 15) is 0 Å². The van der Waals surface area contributed by atoms with Crippen molar-refractivity contribution in [2.45, 2.75) is 33.1 Å². The van der Waals surface area contributed by atoms with Gasteiger partial charge in [-0.2, -0.15) is 4.57 Å². The van der Waals surface area contributed by atoms with Gasteiger partial charge in [0.05, 0.1) is 27.7 Å². The Morgan fingerprint density at radius 1 is 0.692 bits per heavy atom. The molecule has 39 heavy (non-hydrogen) atoms. The molecule has 7 rings (SSSR count). The highest BCUT2D eigenvalue weighted by Gasteiger charge is 2.26. The van der Waals surface area contributed by atoms with Crippen LogP contribution in [0.15, 0.2) is 103 Å². The van der Waals surface area contributed by atoms with Crippen LogP contribution in [0.2, 0.25) is 0 Å². The zero-order valence-corrected chi connectivity index (χ0v) is 23.2. The molecule has 0 aliphatic heterocycles. The Balaban J connectivity index is 1.64. The minimum absolute atomic E-state index is 0.0110. The van der Waals surface area contributed by atoms with Gasteiger partial charge >= 0.3 is 0 Å². The lowest BCUT2D eigenvalue weighted by Crippen LogP contribution is -2.33. The molecular weight excluding hydrogens is 474 g/mol. The summed E-state index contributed by atoms with van der Waals surface area (Å²) in [5.41, 5.74) is 9.85. The highest BCUT2D eigenvalue weighted by molar-refractivity contribution is 6.10. The van der Waals surface area contributed by atoms with Gasteiger partial charge in [0.1, 0.15) is 7.05 Å². The fraction of sp³-hybridized carbons (Fsp3) is 0.167. The normalized spacial score (nSPS) is 12.2. The lowest BCUT2D eigenvalue weighted by molar-refractivity contribution is -0.633. The first-order valence-corrected chi connectivity index (χ1v) is 13.6. The molecule has 0 unspecified atom stereocenters. The first kappa shape index (κ1) is 23.6. The highest BCUT2D eigenvalue weighted by Crippen LogP contribution is 2.39. The molecule has 0 aliphatic rings. The Labute approximate surface area is 229 Å². The number of aromatic nitrogens is 3. The molecule has 0 atom stereocenters. The van der Waals surface area contributed by atoms with E-state index in [1.165, 1.54) is 55.0 Å². The van der Waals surface area contributed by atoms with Crippen LogP contribution in [-0.2, 0) is 12.5 Å². The van der Waals surface area contributed by atoms with Crippen LogP contribution in [0.1, 0.15) is 31.9 Å². The van der Waals surface area contributed by atoms with E-state index >= 15 is 0 Å². The van der Waals surface area contributed by atoms with Crippen molar-refractivity contribution in [3.8, 4) is 16.9 Å². The van der Waals surface area contributed by atoms with Gasteiger partial charge in [-0.1, -0.05) is 81.4 Å². The number of rotatable bonds is 2. The van der Waals surface area contributed by atoms with Gasteiger partial charge in [-0.25, -0.2) is 0 Å². The zero-order valence-electron chi connectivity index (χ0n) is 23.2. The van der Waals surface area contributed by atoms with Gasteiger partial charge in [0.15, 0.2) is 0 Å². The smallest absolute Gasteiger partial charge is 0.218 e. The minimum atomic E-state index is 0.0110. The van der Waals surface area contributed by atoms with Gasteiger partial charge in [0, 0.05) is 35.3 Å². The summed E-state index contributed by atoms with van der Waals surface area (Å²) in [5.74, 6) is 0. The lowest BCUT2D eigenvalue weighted by Gasteiger charge is -2.24. The third-order valence-corrected chi connectivity index (χ3v) is 8.29. The number of nitrogens with zero attached hydrogens (tertiary/aromatic N) is 3. The van der Waals surface area contributed by atoms with E-state index in [1.54, 1.807) is 0 Å². The number of aryl methyl sites for hydroxylation is 2.